The first-order valence-electron chi connectivity index (χ1n) is 5.16. The van der Waals surface area contributed by atoms with Crippen molar-refractivity contribution in [2.24, 2.45) is 23.5 Å². The Balaban J connectivity index is 2.40. The Labute approximate surface area is 75.9 Å². The molecule has 0 radical (unpaired) electrons. The molecule has 2 heteroatoms. The largest absolute Gasteiger partial charge is 0.330 e. The summed E-state index contributed by atoms with van der Waals surface area (Å²) >= 11 is 0. The van der Waals surface area contributed by atoms with Crippen molar-refractivity contribution in [1.29, 1.82) is 0 Å². The molecule has 0 bridgehead atoms. The second-order valence-electron chi connectivity index (χ2n) is 4.23. The van der Waals surface area contributed by atoms with Gasteiger partial charge in [-0.05, 0) is 50.2 Å². The third kappa shape index (κ3) is 2.46. The summed E-state index contributed by atoms with van der Waals surface area (Å²) in [6, 6.07) is 0. The van der Waals surface area contributed by atoms with Crippen molar-refractivity contribution in [2.45, 2.75) is 26.7 Å². The van der Waals surface area contributed by atoms with Crippen LogP contribution in [0.25, 0.3) is 0 Å². The highest BCUT2D eigenvalue weighted by molar-refractivity contribution is 4.78. The molecule has 1 unspecified atom stereocenters. The minimum absolute atomic E-state index is 0.743. The van der Waals surface area contributed by atoms with E-state index in [-0.39, 0.29) is 0 Å². The highest BCUT2D eigenvalue weighted by atomic mass is 14.9. The Bertz CT molecular complexity index is 117. The summed E-state index contributed by atoms with van der Waals surface area (Å²) in [4.78, 5) is 0. The second kappa shape index (κ2) is 4.83. The zero-order chi connectivity index (χ0) is 8.97. The van der Waals surface area contributed by atoms with Crippen LogP contribution < -0.4 is 11.1 Å². The first kappa shape index (κ1) is 10.0. The molecule has 1 aliphatic heterocycles. The zero-order valence-corrected chi connectivity index (χ0v) is 8.34. The molecule has 1 aliphatic rings. The normalized spacial score (nSPS) is 23.0. The number of nitrogens with two attached hydrogens (primary N) is 1. The van der Waals surface area contributed by atoms with Crippen molar-refractivity contribution in [3.05, 3.63) is 0 Å². The van der Waals surface area contributed by atoms with E-state index < -0.39 is 0 Å². The predicted octanol–water partition coefficient (Wildman–Crippen LogP) is 1.22. The lowest BCUT2D eigenvalue weighted by Crippen LogP contribution is -2.36. The van der Waals surface area contributed by atoms with Crippen LogP contribution in [0.5, 0.6) is 0 Å². The van der Waals surface area contributed by atoms with Crippen molar-refractivity contribution in [2.75, 3.05) is 19.6 Å². The smallest absolute Gasteiger partial charge is 0.00438 e. The van der Waals surface area contributed by atoms with E-state index >= 15 is 0 Å². The SMILES string of the molecule is CC(C)C(CN)C1CCNCC1. The van der Waals surface area contributed by atoms with Gasteiger partial charge in [0.25, 0.3) is 0 Å². The molecule has 1 atom stereocenters. The van der Waals surface area contributed by atoms with Crippen molar-refractivity contribution < 1.29 is 0 Å². The molecule has 0 spiro atoms. The number of hydrogen-bond acceptors (Lipinski definition) is 2. The first-order chi connectivity index (χ1) is 5.75. The van der Waals surface area contributed by atoms with Crippen LogP contribution in [0.15, 0.2) is 0 Å². The molecule has 0 aromatic heterocycles. The minimum atomic E-state index is 0.743. The first-order valence-corrected chi connectivity index (χ1v) is 5.16. The van der Waals surface area contributed by atoms with Crippen LogP contribution in [-0.4, -0.2) is 19.6 Å². The molecule has 72 valence electrons. The summed E-state index contributed by atoms with van der Waals surface area (Å²) in [6.07, 6.45) is 2.64. The molecule has 0 aliphatic carbocycles. The number of nitrogens with one attached hydrogen (secondary N) is 1. The van der Waals surface area contributed by atoms with Gasteiger partial charge in [-0.25, -0.2) is 0 Å². The van der Waals surface area contributed by atoms with Crippen LogP contribution in [0.4, 0.5) is 0 Å². The Morgan fingerprint density at radius 1 is 1.33 bits per heavy atom. The van der Waals surface area contributed by atoms with Crippen molar-refractivity contribution in [1.82, 2.24) is 5.32 Å². The van der Waals surface area contributed by atoms with E-state index in [1.165, 1.54) is 25.9 Å². The molecule has 2 nitrogen and oxygen atoms in total. The standard InChI is InChI=1S/C10H22N2/c1-8(2)10(7-11)9-3-5-12-6-4-9/h8-10,12H,3-7,11H2,1-2H3. The Kier molecular flexibility index (Phi) is 4.02. The van der Waals surface area contributed by atoms with Gasteiger partial charge in [0, 0.05) is 0 Å². The lowest BCUT2D eigenvalue weighted by Gasteiger charge is -2.32. The molecule has 0 amide bonds. The summed E-state index contributed by atoms with van der Waals surface area (Å²) in [5, 5.41) is 3.39. The van der Waals surface area contributed by atoms with E-state index in [1.54, 1.807) is 0 Å². The molecule has 12 heavy (non-hydrogen) atoms. The van der Waals surface area contributed by atoms with Gasteiger partial charge in [-0.2, -0.15) is 0 Å². The fourth-order valence-corrected chi connectivity index (χ4v) is 2.28. The monoisotopic (exact) mass is 170 g/mol. The average Bonchev–Trinajstić information content (AvgIpc) is 2.07. The third-order valence-electron chi connectivity index (χ3n) is 3.12. The Hall–Kier alpha value is -0.0800. The van der Waals surface area contributed by atoms with E-state index in [0.717, 1.165) is 24.3 Å². The third-order valence-corrected chi connectivity index (χ3v) is 3.12. The van der Waals surface area contributed by atoms with E-state index in [4.69, 9.17) is 5.73 Å². The van der Waals surface area contributed by atoms with Gasteiger partial charge in [-0.1, -0.05) is 13.8 Å². The molecular formula is C10H22N2. The Morgan fingerprint density at radius 2 is 1.92 bits per heavy atom. The van der Waals surface area contributed by atoms with E-state index in [9.17, 15) is 0 Å². The van der Waals surface area contributed by atoms with E-state index in [1.807, 2.05) is 0 Å². The summed E-state index contributed by atoms with van der Waals surface area (Å²) in [7, 11) is 0. The van der Waals surface area contributed by atoms with Gasteiger partial charge >= 0.3 is 0 Å². The lowest BCUT2D eigenvalue weighted by molar-refractivity contribution is 0.211. The molecule has 1 heterocycles. The quantitative estimate of drug-likeness (QED) is 0.668. The molecule has 1 fully saturated rings. The van der Waals surface area contributed by atoms with Crippen LogP contribution in [0.3, 0.4) is 0 Å². The van der Waals surface area contributed by atoms with E-state index in [0.29, 0.717) is 0 Å². The molecule has 0 saturated carbocycles. The van der Waals surface area contributed by atoms with Crippen molar-refractivity contribution in [3.63, 3.8) is 0 Å². The summed E-state index contributed by atoms with van der Waals surface area (Å²) in [5.74, 6) is 2.36. The zero-order valence-electron chi connectivity index (χ0n) is 8.34. The van der Waals surface area contributed by atoms with Crippen LogP contribution >= 0.6 is 0 Å². The topological polar surface area (TPSA) is 38.0 Å². The number of hydrogen-bond donors (Lipinski definition) is 2. The highest BCUT2D eigenvalue weighted by Gasteiger charge is 2.24. The number of rotatable bonds is 3. The lowest BCUT2D eigenvalue weighted by atomic mass is 9.78. The van der Waals surface area contributed by atoms with Gasteiger partial charge in [0.2, 0.25) is 0 Å². The van der Waals surface area contributed by atoms with Crippen LogP contribution in [0.2, 0.25) is 0 Å². The van der Waals surface area contributed by atoms with Gasteiger partial charge in [-0.3, -0.25) is 0 Å². The van der Waals surface area contributed by atoms with Gasteiger partial charge in [-0.15, -0.1) is 0 Å². The maximum Gasteiger partial charge on any atom is -0.00438 e. The minimum Gasteiger partial charge on any atom is -0.330 e. The van der Waals surface area contributed by atoms with Gasteiger partial charge in [0.15, 0.2) is 0 Å². The summed E-state index contributed by atoms with van der Waals surface area (Å²) in [6.45, 7) is 7.82. The average molecular weight is 170 g/mol. The second-order valence-corrected chi connectivity index (χ2v) is 4.23. The molecule has 3 N–H and O–H groups in total. The fraction of sp³-hybridized carbons (Fsp3) is 1.00. The Morgan fingerprint density at radius 3 is 2.33 bits per heavy atom. The van der Waals surface area contributed by atoms with Crippen LogP contribution in [-0.2, 0) is 0 Å². The predicted molar refractivity (Wildman–Crippen MR) is 53.0 cm³/mol. The van der Waals surface area contributed by atoms with Gasteiger partial charge < -0.3 is 11.1 Å². The maximum absolute atomic E-state index is 5.78. The molecule has 1 saturated heterocycles. The van der Waals surface area contributed by atoms with E-state index in [2.05, 4.69) is 19.2 Å². The summed E-state index contributed by atoms with van der Waals surface area (Å²) < 4.78 is 0. The van der Waals surface area contributed by atoms with Crippen LogP contribution in [0, 0.1) is 17.8 Å². The van der Waals surface area contributed by atoms with Crippen molar-refractivity contribution in [3.8, 4) is 0 Å². The molecule has 0 aromatic carbocycles. The summed E-state index contributed by atoms with van der Waals surface area (Å²) in [5.41, 5.74) is 5.78. The molecular weight excluding hydrogens is 148 g/mol. The highest BCUT2D eigenvalue weighted by Crippen LogP contribution is 2.26. The van der Waals surface area contributed by atoms with Gasteiger partial charge in [0.05, 0.1) is 0 Å². The fourth-order valence-electron chi connectivity index (χ4n) is 2.28. The number of piperidine rings is 1. The van der Waals surface area contributed by atoms with Crippen LogP contribution in [0.1, 0.15) is 26.7 Å². The van der Waals surface area contributed by atoms with Crippen molar-refractivity contribution >= 4 is 0 Å². The van der Waals surface area contributed by atoms with Gasteiger partial charge in [0.1, 0.15) is 0 Å². The molecule has 1 rings (SSSR count). The maximum atomic E-state index is 5.78. The molecule has 0 aromatic rings.